The van der Waals surface area contributed by atoms with Crippen LogP contribution in [0.5, 0.6) is 0 Å². The molecule has 0 radical (unpaired) electrons. The lowest BCUT2D eigenvalue weighted by Gasteiger charge is -2.18. The van der Waals surface area contributed by atoms with Gasteiger partial charge in [0.05, 0.1) is 5.75 Å². The highest BCUT2D eigenvalue weighted by Gasteiger charge is 2.18. The molecule has 2 rings (SSSR count). The van der Waals surface area contributed by atoms with Crippen LogP contribution in [0.2, 0.25) is 0 Å². The van der Waals surface area contributed by atoms with Crippen molar-refractivity contribution >= 4 is 11.8 Å². The monoisotopic (exact) mass is 307 g/mol. The average Bonchev–Trinajstić information content (AvgIpc) is 2.95. The first-order chi connectivity index (χ1) is 10.1. The molecule has 1 fully saturated rings. The molecule has 1 saturated carbocycles. The lowest BCUT2D eigenvalue weighted by atomic mass is 9.98. The summed E-state index contributed by atoms with van der Waals surface area (Å²) >= 11 is 2.05. The summed E-state index contributed by atoms with van der Waals surface area (Å²) < 4.78 is 0. The van der Waals surface area contributed by atoms with Crippen LogP contribution in [0.1, 0.15) is 68.2 Å². The molecule has 1 aliphatic rings. The summed E-state index contributed by atoms with van der Waals surface area (Å²) in [6.07, 6.45) is 5.55. The molecular formula is C17H29N3S. The van der Waals surface area contributed by atoms with Crippen LogP contribution in [0, 0.1) is 13.8 Å². The third-order valence-corrected chi connectivity index (χ3v) is 5.68. The molecule has 1 heterocycles. The molecule has 0 aromatic carbocycles. The first-order valence-electron chi connectivity index (χ1n) is 8.28. The van der Waals surface area contributed by atoms with Crippen LogP contribution in [0.3, 0.4) is 0 Å². The van der Waals surface area contributed by atoms with E-state index >= 15 is 0 Å². The van der Waals surface area contributed by atoms with Crippen molar-refractivity contribution in [1.82, 2.24) is 15.3 Å². The van der Waals surface area contributed by atoms with Gasteiger partial charge in [-0.25, -0.2) is 9.97 Å². The van der Waals surface area contributed by atoms with Gasteiger partial charge in [-0.2, -0.15) is 11.8 Å². The summed E-state index contributed by atoms with van der Waals surface area (Å²) in [6.45, 7) is 10.7. The van der Waals surface area contributed by atoms with Gasteiger partial charge in [-0.3, -0.25) is 0 Å². The van der Waals surface area contributed by atoms with Gasteiger partial charge in [-0.1, -0.05) is 26.7 Å². The molecule has 1 N–H and O–H groups in total. The normalized spacial score (nSPS) is 17.3. The van der Waals surface area contributed by atoms with Gasteiger partial charge in [0, 0.05) is 23.2 Å². The smallest absolute Gasteiger partial charge is 0.138 e. The Bertz CT molecular complexity index is 432. The molecule has 4 heteroatoms. The second-order valence-corrected chi connectivity index (χ2v) is 7.44. The SMILES string of the molecule is CCNCC(C)c1c(C)nc(CSC2CCCC2)nc1C. The minimum atomic E-state index is 0.474. The molecule has 118 valence electrons. The van der Waals surface area contributed by atoms with Gasteiger partial charge in [0.15, 0.2) is 0 Å². The molecule has 1 aliphatic carbocycles. The van der Waals surface area contributed by atoms with Crippen molar-refractivity contribution in [3.05, 3.63) is 22.8 Å². The predicted octanol–water partition coefficient (Wildman–Crippen LogP) is 3.98. The Balaban J connectivity index is 2.01. The molecule has 1 aromatic rings. The fourth-order valence-electron chi connectivity index (χ4n) is 3.28. The van der Waals surface area contributed by atoms with Gasteiger partial charge < -0.3 is 5.32 Å². The maximum Gasteiger partial charge on any atom is 0.138 e. The van der Waals surface area contributed by atoms with Gasteiger partial charge in [0.25, 0.3) is 0 Å². The highest BCUT2D eigenvalue weighted by molar-refractivity contribution is 7.99. The Morgan fingerprint density at radius 2 is 1.81 bits per heavy atom. The van der Waals surface area contributed by atoms with Crippen molar-refractivity contribution < 1.29 is 0 Å². The number of aromatic nitrogens is 2. The van der Waals surface area contributed by atoms with Crippen molar-refractivity contribution in [2.24, 2.45) is 0 Å². The minimum Gasteiger partial charge on any atom is -0.316 e. The van der Waals surface area contributed by atoms with Gasteiger partial charge >= 0.3 is 0 Å². The number of hydrogen-bond acceptors (Lipinski definition) is 4. The first kappa shape index (κ1) is 16.8. The van der Waals surface area contributed by atoms with Crippen LogP contribution >= 0.6 is 11.8 Å². The highest BCUT2D eigenvalue weighted by atomic mass is 32.2. The van der Waals surface area contributed by atoms with Crippen molar-refractivity contribution in [3.63, 3.8) is 0 Å². The zero-order chi connectivity index (χ0) is 15.2. The molecule has 3 nitrogen and oxygen atoms in total. The summed E-state index contributed by atoms with van der Waals surface area (Å²) in [6, 6.07) is 0. The second-order valence-electron chi connectivity index (χ2n) is 6.15. The zero-order valence-corrected chi connectivity index (χ0v) is 14.7. The molecule has 0 spiro atoms. The Morgan fingerprint density at radius 3 is 2.38 bits per heavy atom. The van der Waals surface area contributed by atoms with E-state index in [2.05, 4.69) is 33.0 Å². The average molecular weight is 308 g/mol. The number of nitrogens with one attached hydrogen (secondary N) is 1. The van der Waals surface area contributed by atoms with Crippen molar-refractivity contribution in [2.45, 2.75) is 70.3 Å². The molecule has 1 unspecified atom stereocenters. The Hall–Kier alpha value is -0.610. The van der Waals surface area contributed by atoms with E-state index in [1.54, 1.807) is 0 Å². The van der Waals surface area contributed by atoms with Crippen LogP contribution in [-0.2, 0) is 5.75 Å². The molecular weight excluding hydrogens is 278 g/mol. The Morgan fingerprint density at radius 1 is 1.19 bits per heavy atom. The van der Waals surface area contributed by atoms with E-state index in [4.69, 9.17) is 9.97 Å². The van der Waals surface area contributed by atoms with E-state index in [1.165, 1.54) is 31.2 Å². The maximum atomic E-state index is 4.76. The van der Waals surface area contributed by atoms with Crippen LogP contribution in [0.25, 0.3) is 0 Å². The number of likely N-dealkylation sites (N-methyl/N-ethyl adjacent to an activating group) is 1. The molecule has 21 heavy (non-hydrogen) atoms. The third-order valence-electron chi connectivity index (χ3n) is 4.32. The summed E-state index contributed by atoms with van der Waals surface area (Å²) in [5.74, 6) is 2.46. The molecule has 0 saturated heterocycles. The van der Waals surface area contributed by atoms with Gasteiger partial charge in [0.1, 0.15) is 5.82 Å². The zero-order valence-electron chi connectivity index (χ0n) is 13.9. The van der Waals surface area contributed by atoms with E-state index in [-0.39, 0.29) is 0 Å². The molecule has 0 aliphatic heterocycles. The third kappa shape index (κ3) is 4.68. The molecule has 1 aromatic heterocycles. The van der Waals surface area contributed by atoms with Crippen LogP contribution in [0.4, 0.5) is 0 Å². The van der Waals surface area contributed by atoms with E-state index in [0.717, 1.165) is 41.3 Å². The largest absolute Gasteiger partial charge is 0.316 e. The Kier molecular flexibility index (Phi) is 6.49. The van der Waals surface area contributed by atoms with Gasteiger partial charge in [-0.15, -0.1) is 0 Å². The van der Waals surface area contributed by atoms with E-state index < -0.39 is 0 Å². The van der Waals surface area contributed by atoms with Crippen LogP contribution < -0.4 is 5.32 Å². The van der Waals surface area contributed by atoms with E-state index in [1.807, 2.05) is 11.8 Å². The van der Waals surface area contributed by atoms with Crippen molar-refractivity contribution in [2.75, 3.05) is 13.1 Å². The Labute approximate surface area is 133 Å². The van der Waals surface area contributed by atoms with Crippen LogP contribution in [0.15, 0.2) is 0 Å². The van der Waals surface area contributed by atoms with Gasteiger partial charge in [0.2, 0.25) is 0 Å². The highest BCUT2D eigenvalue weighted by Crippen LogP contribution is 2.31. The number of thioether (sulfide) groups is 1. The first-order valence-corrected chi connectivity index (χ1v) is 9.33. The molecule has 0 bridgehead atoms. The van der Waals surface area contributed by atoms with Crippen LogP contribution in [-0.4, -0.2) is 28.3 Å². The fraction of sp³-hybridized carbons (Fsp3) is 0.765. The van der Waals surface area contributed by atoms with E-state index in [0.29, 0.717) is 5.92 Å². The lowest BCUT2D eigenvalue weighted by molar-refractivity contribution is 0.623. The fourth-order valence-corrected chi connectivity index (χ4v) is 4.46. The van der Waals surface area contributed by atoms with Gasteiger partial charge in [-0.05, 0) is 44.7 Å². The van der Waals surface area contributed by atoms with Crippen molar-refractivity contribution in [3.8, 4) is 0 Å². The van der Waals surface area contributed by atoms with Crippen molar-refractivity contribution in [1.29, 1.82) is 0 Å². The molecule has 1 atom stereocenters. The maximum absolute atomic E-state index is 4.76. The summed E-state index contributed by atoms with van der Waals surface area (Å²) in [4.78, 5) is 9.53. The lowest BCUT2D eigenvalue weighted by Crippen LogP contribution is -2.21. The quantitative estimate of drug-likeness (QED) is 0.827. The summed E-state index contributed by atoms with van der Waals surface area (Å²) in [7, 11) is 0. The number of nitrogens with zero attached hydrogens (tertiary/aromatic N) is 2. The minimum absolute atomic E-state index is 0.474. The number of rotatable bonds is 7. The summed E-state index contributed by atoms with van der Waals surface area (Å²) in [5.41, 5.74) is 3.65. The molecule has 0 amide bonds. The predicted molar refractivity (Wildman–Crippen MR) is 92.0 cm³/mol. The topological polar surface area (TPSA) is 37.8 Å². The standard InChI is InChI=1S/C17H29N3S/c1-5-18-10-12(2)17-13(3)19-16(20-14(17)4)11-21-15-8-6-7-9-15/h12,15,18H,5-11H2,1-4H3. The second kappa shape index (κ2) is 8.14. The number of aryl methyl sites for hydroxylation is 2. The summed E-state index contributed by atoms with van der Waals surface area (Å²) in [5, 5.41) is 4.25. The number of hydrogen-bond donors (Lipinski definition) is 1. The van der Waals surface area contributed by atoms with E-state index in [9.17, 15) is 0 Å².